The third kappa shape index (κ3) is 3.47. The Labute approximate surface area is 113 Å². The minimum Gasteiger partial charge on any atom is -0.497 e. The molecule has 4 heteroatoms. The summed E-state index contributed by atoms with van der Waals surface area (Å²) in [5, 5.41) is 0. The molecule has 0 N–H and O–H groups in total. The average molecular weight is 264 g/mol. The first kappa shape index (κ1) is 13.9. The first-order chi connectivity index (χ1) is 9.04. The van der Waals surface area contributed by atoms with E-state index in [2.05, 4.69) is 13.8 Å². The summed E-state index contributed by atoms with van der Waals surface area (Å²) in [6, 6.07) is 5.20. The number of ether oxygens (including phenoxy) is 3. The summed E-state index contributed by atoms with van der Waals surface area (Å²) in [7, 11) is 1.57. The second-order valence-corrected chi connectivity index (χ2v) is 5.37. The zero-order chi connectivity index (χ0) is 13.9. The van der Waals surface area contributed by atoms with Gasteiger partial charge in [0.1, 0.15) is 18.1 Å². The summed E-state index contributed by atoms with van der Waals surface area (Å²) in [5.74, 6) is 1.22. The highest BCUT2D eigenvalue weighted by Gasteiger charge is 2.31. The molecule has 1 saturated heterocycles. The van der Waals surface area contributed by atoms with Crippen LogP contribution in [0.5, 0.6) is 11.5 Å². The van der Waals surface area contributed by atoms with Gasteiger partial charge in [0.2, 0.25) is 0 Å². The fourth-order valence-corrected chi connectivity index (χ4v) is 2.25. The molecule has 0 amide bonds. The molecule has 0 saturated carbocycles. The Kier molecular flexibility index (Phi) is 4.10. The van der Waals surface area contributed by atoms with Gasteiger partial charge in [-0.15, -0.1) is 0 Å². The predicted molar refractivity (Wildman–Crippen MR) is 72.1 cm³/mol. The van der Waals surface area contributed by atoms with Crippen LogP contribution in [0.15, 0.2) is 18.2 Å². The Hall–Kier alpha value is -1.55. The average Bonchev–Trinajstić information content (AvgIpc) is 2.75. The van der Waals surface area contributed by atoms with Gasteiger partial charge < -0.3 is 14.2 Å². The lowest BCUT2D eigenvalue weighted by Gasteiger charge is -2.19. The van der Waals surface area contributed by atoms with Gasteiger partial charge in [0.25, 0.3) is 0 Å². The molecule has 2 rings (SSSR count). The van der Waals surface area contributed by atoms with Crippen LogP contribution in [-0.4, -0.2) is 31.7 Å². The maximum Gasteiger partial charge on any atom is 0.153 e. The third-order valence-corrected chi connectivity index (χ3v) is 3.32. The maximum atomic E-state index is 11.0. The number of methoxy groups -OCH3 is 1. The first-order valence-corrected chi connectivity index (χ1v) is 6.48. The molecule has 0 aromatic heterocycles. The summed E-state index contributed by atoms with van der Waals surface area (Å²) < 4.78 is 16.6. The summed E-state index contributed by atoms with van der Waals surface area (Å²) in [6.45, 7) is 4.63. The standard InChI is InChI=1S/C15H20O4/c1-15(2)7-6-13(19-15)10-18-14-5-4-12(17-3)8-11(14)9-16/h4-5,8-9,13H,6-7,10H2,1-3H3. The van der Waals surface area contributed by atoms with Crippen LogP contribution in [0.3, 0.4) is 0 Å². The highest BCUT2D eigenvalue weighted by Crippen LogP contribution is 2.30. The van der Waals surface area contributed by atoms with Gasteiger partial charge in [-0.05, 0) is 44.9 Å². The molecule has 1 aromatic rings. The van der Waals surface area contributed by atoms with Gasteiger partial charge in [-0.3, -0.25) is 4.79 Å². The van der Waals surface area contributed by atoms with Crippen LogP contribution in [0.2, 0.25) is 0 Å². The number of benzene rings is 1. The molecule has 1 unspecified atom stereocenters. The molecule has 0 spiro atoms. The van der Waals surface area contributed by atoms with Gasteiger partial charge in [-0.1, -0.05) is 0 Å². The molecule has 1 atom stereocenters. The quantitative estimate of drug-likeness (QED) is 0.767. The van der Waals surface area contributed by atoms with E-state index in [-0.39, 0.29) is 11.7 Å². The fourth-order valence-electron chi connectivity index (χ4n) is 2.25. The highest BCUT2D eigenvalue weighted by molar-refractivity contribution is 5.80. The van der Waals surface area contributed by atoms with E-state index in [0.29, 0.717) is 23.7 Å². The molecule has 0 radical (unpaired) electrons. The third-order valence-electron chi connectivity index (χ3n) is 3.32. The molecule has 0 aliphatic carbocycles. The summed E-state index contributed by atoms with van der Waals surface area (Å²) in [6.07, 6.45) is 2.89. The number of carbonyl (C=O) groups is 1. The lowest BCUT2D eigenvalue weighted by Crippen LogP contribution is -2.24. The van der Waals surface area contributed by atoms with Crippen molar-refractivity contribution in [2.75, 3.05) is 13.7 Å². The number of hydrogen-bond acceptors (Lipinski definition) is 4. The minimum absolute atomic E-state index is 0.0680. The van der Waals surface area contributed by atoms with Crippen molar-refractivity contribution < 1.29 is 19.0 Å². The van der Waals surface area contributed by atoms with Crippen molar-refractivity contribution in [3.8, 4) is 11.5 Å². The molecule has 1 aromatic carbocycles. The largest absolute Gasteiger partial charge is 0.497 e. The monoisotopic (exact) mass is 264 g/mol. The molecule has 1 heterocycles. The van der Waals surface area contributed by atoms with Crippen LogP contribution < -0.4 is 9.47 Å². The first-order valence-electron chi connectivity index (χ1n) is 6.48. The van der Waals surface area contributed by atoms with Crippen LogP contribution in [0.1, 0.15) is 37.0 Å². The smallest absolute Gasteiger partial charge is 0.153 e. The molecule has 0 bridgehead atoms. The Morgan fingerprint density at radius 2 is 2.26 bits per heavy atom. The molecular formula is C15H20O4. The van der Waals surface area contributed by atoms with Crippen molar-refractivity contribution >= 4 is 6.29 Å². The van der Waals surface area contributed by atoms with Crippen LogP contribution in [0.25, 0.3) is 0 Å². The SMILES string of the molecule is COc1ccc(OCC2CCC(C)(C)O2)c(C=O)c1. The molecule has 1 aliphatic heterocycles. The van der Waals surface area contributed by atoms with Crippen LogP contribution in [0, 0.1) is 0 Å². The van der Waals surface area contributed by atoms with Gasteiger partial charge in [0.05, 0.1) is 24.4 Å². The van der Waals surface area contributed by atoms with E-state index in [1.165, 1.54) is 0 Å². The van der Waals surface area contributed by atoms with E-state index < -0.39 is 0 Å². The normalized spacial score (nSPS) is 21.1. The summed E-state index contributed by atoms with van der Waals surface area (Å²) >= 11 is 0. The maximum absolute atomic E-state index is 11.0. The fraction of sp³-hybridized carbons (Fsp3) is 0.533. The zero-order valence-electron chi connectivity index (χ0n) is 11.6. The van der Waals surface area contributed by atoms with Gasteiger partial charge in [-0.25, -0.2) is 0 Å². The van der Waals surface area contributed by atoms with Crippen molar-refractivity contribution in [1.29, 1.82) is 0 Å². The van der Waals surface area contributed by atoms with Crippen LogP contribution in [0.4, 0.5) is 0 Å². The summed E-state index contributed by atoms with van der Waals surface area (Å²) in [5.41, 5.74) is 0.429. The van der Waals surface area contributed by atoms with Crippen molar-refractivity contribution in [1.82, 2.24) is 0 Å². The molecule has 1 fully saturated rings. The second-order valence-electron chi connectivity index (χ2n) is 5.37. The Morgan fingerprint density at radius 1 is 1.47 bits per heavy atom. The number of aldehydes is 1. The topological polar surface area (TPSA) is 44.8 Å². The molecule has 104 valence electrons. The van der Waals surface area contributed by atoms with E-state index in [1.54, 1.807) is 25.3 Å². The van der Waals surface area contributed by atoms with Crippen molar-refractivity contribution in [2.24, 2.45) is 0 Å². The van der Waals surface area contributed by atoms with E-state index in [9.17, 15) is 4.79 Å². The lowest BCUT2D eigenvalue weighted by atomic mass is 10.1. The van der Waals surface area contributed by atoms with E-state index in [1.807, 2.05) is 0 Å². The van der Waals surface area contributed by atoms with Crippen molar-refractivity contribution in [3.05, 3.63) is 23.8 Å². The Balaban J connectivity index is 1.98. The van der Waals surface area contributed by atoms with Crippen LogP contribution in [-0.2, 0) is 4.74 Å². The van der Waals surface area contributed by atoms with E-state index in [4.69, 9.17) is 14.2 Å². The van der Waals surface area contributed by atoms with Gasteiger partial charge in [0, 0.05) is 0 Å². The summed E-state index contributed by atoms with van der Waals surface area (Å²) in [4.78, 5) is 11.0. The molecular weight excluding hydrogens is 244 g/mol. The van der Waals surface area contributed by atoms with Crippen LogP contribution >= 0.6 is 0 Å². The zero-order valence-corrected chi connectivity index (χ0v) is 11.6. The Morgan fingerprint density at radius 3 is 2.84 bits per heavy atom. The highest BCUT2D eigenvalue weighted by atomic mass is 16.6. The Bertz CT molecular complexity index is 453. The number of carbonyl (C=O) groups excluding carboxylic acids is 1. The lowest BCUT2D eigenvalue weighted by molar-refractivity contribution is -0.0327. The minimum atomic E-state index is -0.0680. The molecule has 19 heavy (non-hydrogen) atoms. The van der Waals surface area contributed by atoms with E-state index in [0.717, 1.165) is 19.1 Å². The number of hydrogen-bond donors (Lipinski definition) is 0. The van der Waals surface area contributed by atoms with Gasteiger partial charge in [-0.2, -0.15) is 0 Å². The number of rotatable bonds is 5. The van der Waals surface area contributed by atoms with E-state index >= 15 is 0 Å². The molecule has 1 aliphatic rings. The van der Waals surface area contributed by atoms with Gasteiger partial charge in [0.15, 0.2) is 6.29 Å². The van der Waals surface area contributed by atoms with Crippen molar-refractivity contribution in [3.63, 3.8) is 0 Å². The second kappa shape index (κ2) is 5.61. The molecule has 4 nitrogen and oxygen atoms in total. The van der Waals surface area contributed by atoms with Gasteiger partial charge >= 0.3 is 0 Å². The predicted octanol–water partition coefficient (Wildman–Crippen LogP) is 2.84. The van der Waals surface area contributed by atoms with Crippen molar-refractivity contribution in [2.45, 2.75) is 38.4 Å².